The molecule has 0 rings (SSSR count). The third kappa shape index (κ3) is 3.03. The molecule has 3 atom stereocenters. The van der Waals surface area contributed by atoms with E-state index in [2.05, 4.69) is 0 Å². The van der Waals surface area contributed by atoms with Crippen LogP contribution in [0.4, 0.5) is 0 Å². The van der Waals surface area contributed by atoms with Crippen LogP contribution in [0, 0.1) is 10.1 Å². The Balaban J connectivity index is 4.33. The first-order valence-electron chi connectivity index (χ1n) is 3.25. The minimum Gasteiger partial charge on any atom is -0.394 e. The van der Waals surface area contributed by atoms with Crippen LogP contribution in [0.2, 0.25) is 0 Å². The summed E-state index contributed by atoms with van der Waals surface area (Å²) in [5.41, 5.74) is 0. The molecule has 0 saturated heterocycles. The summed E-state index contributed by atoms with van der Waals surface area (Å²) in [7, 11) is 0. The summed E-state index contributed by atoms with van der Waals surface area (Å²) in [6, 6.07) is 0. The molecule has 0 fully saturated rings. The summed E-state index contributed by atoms with van der Waals surface area (Å²) >= 11 is 0. The molecule has 1 amide bonds. The van der Waals surface area contributed by atoms with E-state index in [9.17, 15) is 14.9 Å². The van der Waals surface area contributed by atoms with Gasteiger partial charge in [0.15, 0.2) is 0 Å². The number of nitrogens with zero attached hydrogens (tertiary/aromatic N) is 1. The predicted octanol–water partition coefficient (Wildman–Crippen LogP) is -3.14. The van der Waals surface area contributed by atoms with Crippen molar-refractivity contribution in [3.63, 3.8) is 0 Å². The van der Waals surface area contributed by atoms with E-state index in [1.165, 1.54) is 0 Å². The molecular formula is C5H9NO7. The van der Waals surface area contributed by atoms with Crippen LogP contribution in [0.25, 0.3) is 0 Å². The fraction of sp³-hybridized carbons (Fsp3) is 0.800. The number of carbonyl (C=O) groups excluding carboxylic acids is 1. The van der Waals surface area contributed by atoms with Gasteiger partial charge in [-0.2, -0.15) is 0 Å². The minimum atomic E-state index is -2.34. The number of amides is 1. The Labute approximate surface area is 72.2 Å². The molecule has 0 radical (unpaired) electrons. The van der Waals surface area contributed by atoms with Gasteiger partial charge in [-0.05, 0) is 0 Å². The molecule has 0 bridgehead atoms. The molecule has 0 unspecified atom stereocenters. The lowest BCUT2D eigenvalue weighted by molar-refractivity contribution is -0.411. The monoisotopic (exact) mass is 195 g/mol. The highest BCUT2D eigenvalue weighted by molar-refractivity contribution is 5.73. The Morgan fingerprint density at radius 1 is 1.38 bits per heavy atom. The van der Waals surface area contributed by atoms with Crippen molar-refractivity contribution in [2.75, 3.05) is 6.61 Å². The second-order valence-corrected chi connectivity index (χ2v) is 2.28. The van der Waals surface area contributed by atoms with Gasteiger partial charge in [0.05, 0.1) is 6.61 Å². The van der Waals surface area contributed by atoms with E-state index in [0.29, 0.717) is 0 Å². The molecule has 4 N–H and O–H groups in total. The number of hydrogen-bond acceptors (Lipinski definition) is 7. The Bertz CT molecular complexity index is 205. The van der Waals surface area contributed by atoms with Gasteiger partial charge in [0.1, 0.15) is 17.1 Å². The van der Waals surface area contributed by atoms with Crippen LogP contribution in [0.15, 0.2) is 0 Å². The maximum absolute atomic E-state index is 10.4. The molecule has 0 spiro atoms. The van der Waals surface area contributed by atoms with Crippen LogP contribution in [0.1, 0.15) is 0 Å². The zero-order valence-corrected chi connectivity index (χ0v) is 6.40. The largest absolute Gasteiger partial charge is 0.475 e. The Hall–Kier alpha value is -1.09. The normalized spacial score (nSPS) is 17.5. The van der Waals surface area contributed by atoms with Crippen molar-refractivity contribution in [1.82, 2.24) is 0 Å². The number of carbonyl (C=O) groups is 1. The smallest absolute Gasteiger partial charge is 0.394 e. The van der Waals surface area contributed by atoms with Crippen molar-refractivity contribution in [3.8, 4) is 0 Å². The van der Waals surface area contributed by atoms with Gasteiger partial charge in [0, 0.05) is 0 Å². The molecule has 0 aliphatic rings. The van der Waals surface area contributed by atoms with E-state index < -0.39 is 35.7 Å². The van der Waals surface area contributed by atoms with Crippen molar-refractivity contribution in [3.05, 3.63) is 10.1 Å². The summed E-state index contributed by atoms with van der Waals surface area (Å²) in [5.74, 6) is -1.83. The molecule has 0 aliphatic carbocycles. The summed E-state index contributed by atoms with van der Waals surface area (Å²) in [5, 5.41) is 44.3. The quantitative estimate of drug-likeness (QED) is 0.274. The molecule has 0 aromatic heterocycles. The standard InChI is InChI=1S/C5H9NO7/c7-1-2(8)3(9)4(10)5(11)6(12)13/h2-4,7-10H,1H2/t2-,3+,4-/m1/s1. The van der Waals surface area contributed by atoms with E-state index in [4.69, 9.17) is 20.4 Å². The Morgan fingerprint density at radius 3 is 2.15 bits per heavy atom. The predicted molar refractivity (Wildman–Crippen MR) is 37.1 cm³/mol. The third-order valence-corrected chi connectivity index (χ3v) is 1.34. The van der Waals surface area contributed by atoms with E-state index in [-0.39, 0.29) is 0 Å². The van der Waals surface area contributed by atoms with Crippen molar-refractivity contribution in [1.29, 1.82) is 0 Å². The van der Waals surface area contributed by atoms with Gasteiger partial charge in [0.25, 0.3) is 0 Å². The van der Waals surface area contributed by atoms with Crippen molar-refractivity contribution < 1.29 is 30.1 Å². The van der Waals surface area contributed by atoms with Gasteiger partial charge in [-0.25, -0.2) is 4.79 Å². The first-order valence-corrected chi connectivity index (χ1v) is 3.25. The van der Waals surface area contributed by atoms with Crippen molar-refractivity contribution in [2.24, 2.45) is 0 Å². The summed E-state index contributed by atoms with van der Waals surface area (Å²) < 4.78 is 0. The van der Waals surface area contributed by atoms with Crippen LogP contribution in [0.3, 0.4) is 0 Å². The first-order chi connectivity index (χ1) is 5.91. The molecule has 0 aliphatic heterocycles. The van der Waals surface area contributed by atoms with Gasteiger partial charge in [-0.15, -0.1) is 0 Å². The zero-order valence-electron chi connectivity index (χ0n) is 6.40. The van der Waals surface area contributed by atoms with Crippen LogP contribution in [-0.4, -0.2) is 56.2 Å². The first kappa shape index (κ1) is 11.9. The van der Waals surface area contributed by atoms with Crippen molar-refractivity contribution >= 4 is 5.91 Å². The lowest BCUT2D eigenvalue weighted by atomic mass is 10.1. The maximum atomic E-state index is 10.4. The fourth-order valence-electron chi connectivity index (χ4n) is 0.572. The van der Waals surface area contributed by atoms with Crippen LogP contribution >= 0.6 is 0 Å². The highest BCUT2D eigenvalue weighted by Gasteiger charge is 2.37. The van der Waals surface area contributed by atoms with E-state index in [1.54, 1.807) is 0 Å². The molecule has 8 heteroatoms. The van der Waals surface area contributed by atoms with Gasteiger partial charge >= 0.3 is 5.91 Å². The molecule has 0 saturated carbocycles. The lowest BCUT2D eigenvalue weighted by Gasteiger charge is -2.16. The van der Waals surface area contributed by atoms with Gasteiger partial charge < -0.3 is 20.4 Å². The molecule has 76 valence electrons. The molecule has 13 heavy (non-hydrogen) atoms. The van der Waals surface area contributed by atoms with Gasteiger partial charge in [-0.3, -0.25) is 10.1 Å². The van der Waals surface area contributed by atoms with Crippen LogP contribution in [0.5, 0.6) is 0 Å². The SMILES string of the molecule is O=C([C@H](O)[C@@H](O)[C@H](O)CO)[N+](=O)[O-]. The molecule has 0 heterocycles. The van der Waals surface area contributed by atoms with Gasteiger partial charge in [0.2, 0.25) is 6.10 Å². The Kier molecular flexibility index (Phi) is 4.42. The number of aliphatic hydroxyl groups is 4. The van der Waals surface area contributed by atoms with Crippen LogP contribution in [-0.2, 0) is 4.79 Å². The number of nitro groups is 1. The lowest BCUT2D eigenvalue weighted by Crippen LogP contribution is -2.46. The van der Waals surface area contributed by atoms with E-state index in [0.717, 1.165) is 0 Å². The second-order valence-electron chi connectivity index (χ2n) is 2.28. The average Bonchev–Trinajstić information content (AvgIpc) is 2.12. The van der Waals surface area contributed by atoms with Crippen molar-refractivity contribution in [2.45, 2.75) is 18.3 Å². The topological polar surface area (TPSA) is 141 Å². The fourth-order valence-corrected chi connectivity index (χ4v) is 0.572. The molecule has 0 aromatic carbocycles. The zero-order chi connectivity index (χ0) is 10.6. The highest BCUT2D eigenvalue weighted by Crippen LogP contribution is 2.01. The summed E-state index contributed by atoms with van der Waals surface area (Å²) in [4.78, 5) is 18.8. The molecule has 8 nitrogen and oxygen atoms in total. The molecule has 0 aromatic rings. The van der Waals surface area contributed by atoms with Gasteiger partial charge in [-0.1, -0.05) is 0 Å². The minimum absolute atomic E-state index is 0.913. The Morgan fingerprint density at radius 2 is 1.85 bits per heavy atom. The number of rotatable bonds is 4. The number of aliphatic hydroxyl groups excluding tert-OH is 4. The van der Waals surface area contributed by atoms with E-state index in [1.807, 2.05) is 0 Å². The third-order valence-electron chi connectivity index (χ3n) is 1.34. The highest BCUT2D eigenvalue weighted by atomic mass is 16.6. The molecular weight excluding hydrogens is 186 g/mol. The van der Waals surface area contributed by atoms with Crippen LogP contribution < -0.4 is 0 Å². The summed E-state index contributed by atoms with van der Waals surface area (Å²) in [6.45, 7) is -0.913. The number of hydrogen-bond donors (Lipinski definition) is 4. The second kappa shape index (κ2) is 4.82. The summed E-state index contributed by atoms with van der Waals surface area (Å²) in [6.07, 6.45) is -6.20. The maximum Gasteiger partial charge on any atom is 0.475 e. The average molecular weight is 195 g/mol. The van der Waals surface area contributed by atoms with E-state index >= 15 is 0 Å².